The van der Waals surface area contributed by atoms with Crippen LogP contribution in [0.5, 0.6) is 5.75 Å². The van der Waals surface area contributed by atoms with E-state index in [1.807, 2.05) is 24.9 Å². The summed E-state index contributed by atoms with van der Waals surface area (Å²) in [4.78, 5) is 6.57. The number of ether oxygens (including phenoxy) is 1. The largest absolute Gasteiger partial charge is 0.492 e. The number of hydrogen-bond acceptors (Lipinski definition) is 5. The van der Waals surface area contributed by atoms with Gasteiger partial charge in [-0.25, -0.2) is 12.4 Å². The first kappa shape index (κ1) is 16.0. The highest BCUT2D eigenvalue weighted by Crippen LogP contribution is 2.36. The first-order valence-corrected chi connectivity index (χ1v) is 9.65. The van der Waals surface area contributed by atoms with Crippen LogP contribution in [0.3, 0.4) is 0 Å². The summed E-state index contributed by atoms with van der Waals surface area (Å²) in [6.45, 7) is 3.28. The molecule has 0 spiro atoms. The van der Waals surface area contributed by atoms with Crippen LogP contribution in [-0.4, -0.2) is 37.6 Å². The third-order valence-electron chi connectivity index (χ3n) is 4.61. The molecule has 0 N–H and O–H groups in total. The summed E-state index contributed by atoms with van der Waals surface area (Å²) in [7, 11) is -1.87. The first-order valence-electron chi connectivity index (χ1n) is 8.21. The molecule has 0 unspecified atom stereocenters. The van der Waals surface area contributed by atoms with Crippen molar-refractivity contribution in [3.05, 3.63) is 48.3 Å². The fraction of sp³-hybridized carbons (Fsp3) is 0.278. The summed E-state index contributed by atoms with van der Waals surface area (Å²) in [6, 6.07) is 8.80. The zero-order valence-electron chi connectivity index (χ0n) is 14.1. The molecule has 0 bridgehead atoms. The number of benzene rings is 1. The minimum Gasteiger partial charge on any atom is -0.492 e. The predicted octanol–water partition coefficient (Wildman–Crippen LogP) is 2.66. The van der Waals surface area contributed by atoms with E-state index < -0.39 is 10.0 Å². The molecule has 130 valence electrons. The Bertz CT molecular complexity index is 1060. The van der Waals surface area contributed by atoms with Crippen molar-refractivity contribution in [2.45, 2.75) is 18.2 Å². The van der Waals surface area contributed by atoms with E-state index in [1.165, 1.54) is 3.97 Å². The molecule has 3 heterocycles. The number of aromatic nitrogens is 2. The molecule has 2 aromatic heterocycles. The second kappa shape index (κ2) is 5.77. The Morgan fingerprint density at radius 1 is 1.28 bits per heavy atom. The van der Waals surface area contributed by atoms with Crippen molar-refractivity contribution < 1.29 is 13.2 Å². The fourth-order valence-corrected chi connectivity index (χ4v) is 4.69. The normalized spacial score (nSPS) is 13.7. The summed E-state index contributed by atoms with van der Waals surface area (Å²) in [6.07, 6.45) is 4.05. The minimum atomic E-state index is -3.79. The maximum Gasteiger partial charge on any atom is 0.271 e. The predicted molar refractivity (Wildman–Crippen MR) is 96.9 cm³/mol. The average molecular weight is 357 g/mol. The van der Waals surface area contributed by atoms with Crippen molar-refractivity contribution in [2.24, 2.45) is 0 Å². The molecular weight excluding hydrogens is 338 g/mol. The molecule has 3 aromatic rings. The van der Waals surface area contributed by atoms with Crippen molar-refractivity contribution in [1.29, 1.82) is 0 Å². The number of para-hydroxylation sites is 1. The second-order valence-electron chi connectivity index (χ2n) is 6.04. The maximum absolute atomic E-state index is 13.4. The van der Waals surface area contributed by atoms with Crippen molar-refractivity contribution in [3.63, 3.8) is 0 Å². The highest BCUT2D eigenvalue weighted by Gasteiger charge is 2.29. The van der Waals surface area contributed by atoms with Crippen LogP contribution in [0.2, 0.25) is 0 Å². The molecule has 4 rings (SSSR count). The number of fused-ring (bicyclic) bond motifs is 2. The number of anilines is 1. The molecule has 0 aliphatic carbocycles. The van der Waals surface area contributed by atoms with E-state index in [-0.39, 0.29) is 4.90 Å². The van der Waals surface area contributed by atoms with Gasteiger partial charge in [-0.15, -0.1) is 0 Å². The molecule has 0 fully saturated rings. The highest BCUT2D eigenvalue weighted by molar-refractivity contribution is 7.90. The number of rotatable bonds is 4. The standard InChI is InChI=1S/C18H19N3O3S/c1-3-20(2)15-12-21(14-7-5-10-19-17(14)15)25(22,23)16-8-4-6-13-9-11-24-18(13)16/h4-8,10,12H,3,9,11H2,1-2H3. The Labute approximate surface area is 146 Å². The maximum atomic E-state index is 13.4. The Hall–Kier alpha value is -2.54. The van der Waals surface area contributed by atoms with Crippen LogP contribution in [0.1, 0.15) is 12.5 Å². The average Bonchev–Trinajstić information content (AvgIpc) is 3.25. The zero-order chi connectivity index (χ0) is 17.6. The third kappa shape index (κ3) is 2.38. The molecular formula is C18H19N3O3S. The van der Waals surface area contributed by atoms with Gasteiger partial charge in [-0.05, 0) is 30.7 Å². The van der Waals surface area contributed by atoms with Gasteiger partial charge in [0.2, 0.25) is 0 Å². The number of hydrogen-bond donors (Lipinski definition) is 0. The minimum absolute atomic E-state index is 0.203. The Morgan fingerprint density at radius 2 is 2.12 bits per heavy atom. The molecule has 0 saturated heterocycles. The molecule has 6 nitrogen and oxygen atoms in total. The molecule has 1 aliphatic heterocycles. The quantitative estimate of drug-likeness (QED) is 0.718. The molecule has 1 aliphatic rings. The smallest absolute Gasteiger partial charge is 0.271 e. The number of pyridine rings is 1. The number of nitrogens with zero attached hydrogens (tertiary/aromatic N) is 3. The van der Waals surface area contributed by atoms with Crippen LogP contribution in [-0.2, 0) is 16.4 Å². The van der Waals surface area contributed by atoms with E-state index in [0.717, 1.165) is 24.2 Å². The summed E-state index contributed by atoms with van der Waals surface area (Å²) in [5.41, 5.74) is 2.95. The van der Waals surface area contributed by atoms with Crippen LogP contribution in [0.25, 0.3) is 11.0 Å². The van der Waals surface area contributed by atoms with Gasteiger partial charge in [-0.2, -0.15) is 0 Å². The molecule has 0 radical (unpaired) electrons. The van der Waals surface area contributed by atoms with Gasteiger partial charge in [0.15, 0.2) is 0 Å². The lowest BCUT2D eigenvalue weighted by Gasteiger charge is -2.14. The lowest BCUT2D eigenvalue weighted by atomic mass is 10.2. The molecule has 0 atom stereocenters. The lowest BCUT2D eigenvalue weighted by Crippen LogP contribution is -2.16. The molecule has 0 amide bonds. The second-order valence-corrected chi connectivity index (χ2v) is 7.83. The third-order valence-corrected chi connectivity index (χ3v) is 6.30. The van der Waals surface area contributed by atoms with Gasteiger partial charge in [-0.1, -0.05) is 12.1 Å². The van der Waals surface area contributed by atoms with E-state index in [2.05, 4.69) is 4.98 Å². The van der Waals surface area contributed by atoms with E-state index in [0.29, 0.717) is 23.4 Å². The van der Waals surface area contributed by atoms with Crippen molar-refractivity contribution >= 4 is 26.7 Å². The van der Waals surface area contributed by atoms with Gasteiger partial charge in [0, 0.05) is 32.4 Å². The fourth-order valence-electron chi connectivity index (χ4n) is 3.16. The summed E-state index contributed by atoms with van der Waals surface area (Å²) in [5.74, 6) is 0.471. The van der Waals surface area contributed by atoms with Gasteiger partial charge < -0.3 is 9.64 Å². The SMILES string of the molecule is CCN(C)c1cn(S(=O)(=O)c2cccc3c2OCC3)c2cccnc12. The Balaban J connectivity index is 1.97. The highest BCUT2D eigenvalue weighted by atomic mass is 32.2. The topological polar surface area (TPSA) is 64.4 Å². The lowest BCUT2D eigenvalue weighted by molar-refractivity contribution is 0.348. The van der Waals surface area contributed by atoms with Crippen LogP contribution in [0.15, 0.2) is 47.6 Å². The van der Waals surface area contributed by atoms with Crippen LogP contribution in [0, 0.1) is 0 Å². The van der Waals surface area contributed by atoms with Gasteiger partial charge in [-0.3, -0.25) is 4.98 Å². The van der Waals surface area contributed by atoms with Crippen LogP contribution < -0.4 is 9.64 Å². The van der Waals surface area contributed by atoms with Gasteiger partial charge in [0.25, 0.3) is 10.0 Å². The summed E-state index contributed by atoms with van der Waals surface area (Å²) >= 11 is 0. The van der Waals surface area contributed by atoms with E-state index in [9.17, 15) is 8.42 Å². The molecule has 1 aromatic carbocycles. The van der Waals surface area contributed by atoms with Crippen LogP contribution in [0.4, 0.5) is 5.69 Å². The van der Waals surface area contributed by atoms with E-state index >= 15 is 0 Å². The van der Waals surface area contributed by atoms with Crippen LogP contribution >= 0.6 is 0 Å². The molecule has 7 heteroatoms. The van der Waals surface area contributed by atoms with Crippen molar-refractivity contribution in [2.75, 3.05) is 25.1 Å². The van der Waals surface area contributed by atoms with Crippen molar-refractivity contribution in [1.82, 2.24) is 8.96 Å². The molecule has 25 heavy (non-hydrogen) atoms. The first-order chi connectivity index (χ1) is 12.0. The van der Waals surface area contributed by atoms with E-state index in [4.69, 9.17) is 4.74 Å². The van der Waals surface area contributed by atoms with E-state index in [1.54, 1.807) is 36.7 Å². The Kier molecular flexibility index (Phi) is 3.68. The Morgan fingerprint density at radius 3 is 2.92 bits per heavy atom. The van der Waals surface area contributed by atoms with Gasteiger partial charge >= 0.3 is 0 Å². The summed E-state index contributed by atoms with van der Waals surface area (Å²) < 4.78 is 33.7. The van der Waals surface area contributed by atoms with Gasteiger partial charge in [0.05, 0.1) is 17.8 Å². The molecule has 0 saturated carbocycles. The monoisotopic (exact) mass is 357 g/mol. The summed E-state index contributed by atoms with van der Waals surface area (Å²) in [5, 5.41) is 0. The zero-order valence-corrected chi connectivity index (χ0v) is 15.0. The van der Waals surface area contributed by atoms with Crippen molar-refractivity contribution in [3.8, 4) is 5.75 Å². The van der Waals surface area contributed by atoms with Gasteiger partial charge in [0.1, 0.15) is 16.2 Å².